The molecule has 4 amide bonds. The highest BCUT2D eigenvalue weighted by Crippen LogP contribution is 2.29. The monoisotopic (exact) mass is 585 g/mol. The van der Waals surface area contributed by atoms with Crippen LogP contribution in [0.1, 0.15) is 52.9 Å². The molecule has 3 aromatic carbocycles. The lowest BCUT2D eigenvalue weighted by Crippen LogP contribution is -2.36. The van der Waals surface area contributed by atoms with Crippen LogP contribution < -0.4 is 20.9 Å². The molecule has 1 fully saturated rings. The second kappa shape index (κ2) is 14.9. The average molecular weight is 586 g/mol. The summed E-state index contributed by atoms with van der Waals surface area (Å²) >= 11 is 0. The predicted octanol–water partition coefficient (Wildman–Crippen LogP) is 4.36. The number of amides is 4. The third kappa shape index (κ3) is 8.81. The minimum absolute atomic E-state index is 0.0743. The quantitative estimate of drug-likeness (QED) is 0.280. The predicted molar refractivity (Wildman–Crippen MR) is 166 cm³/mol. The smallest absolute Gasteiger partial charge is 0.319 e. The van der Waals surface area contributed by atoms with E-state index >= 15 is 0 Å². The van der Waals surface area contributed by atoms with Crippen LogP contribution in [0.4, 0.5) is 16.2 Å². The maximum Gasteiger partial charge on any atom is 0.319 e. The molecule has 0 aromatic heterocycles. The molecule has 1 heterocycles. The highest BCUT2D eigenvalue weighted by atomic mass is 16.4. The zero-order valence-corrected chi connectivity index (χ0v) is 24.6. The van der Waals surface area contributed by atoms with Crippen molar-refractivity contribution in [1.82, 2.24) is 15.5 Å². The van der Waals surface area contributed by atoms with Crippen LogP contribution in [0.5, 0.6) is 0 Å². The molecule has 0 spiro atoms. The molecule has 43 heavy (non-hydrogen) atoms. The van der Waals surface area contributed by atoms with Gasteiger partial charge < -0.3 is 30.9 Å². The Morgan fingerprint density at radius 3 is 2.35 bits per heavy atom. The van der Waals surface area contributed by atoms with E-state index in [9.17, 15) is 24.3 Å². The lowest BCUT2D eigenvalue weighted by atomic mass is 10.0. The number of aliphatic carboxylic acids is 1. The number of rotatable bonds is 10. The molecule has 0 saturated carbocycles. The summed E-state index contributed by atoms with van der Waals surface area (Å²) in [7, 11) is 0. The normalized spacial score (nSPS) is 13.9. The first kappa shape index (κ1) is 31.1. The van der Waals surface area contributed by atoms with E-state index in [-0.39, 0.29) is 17.9 Å². The largest absolute Gasteiger partial charge is 0.481 e. The fraction of sp³-hybridized carbons (Fsp3) is 0.333. The number of hydrogen-bond acceptors (Lipinski definition) is 5. The van der Waals surface area contributed by atoms with Crippen molar-refractivity contribution < 1.29 is 24.3 Å². The maximum absolute atomic E-state index is 13.4. The van der Waals surface area contributed by atoms with Crippen LogP contribution in [0.15, 0.2) is 72.8 Å². The number of urea groups is 1. The molecule has 3 aromatic rings. The number of carbonyl (C=O) groups is 4. The van der Waals surface area contributed by atoms with Crippen LogP contribution in [0, 0.1) is 6.92 Å². The number of carboxylic acid groups (broad SMARTS) is 1. The van der Waals surface area contributed by atoms with Gasteiger partial charge in [0.05, 0.1) is 30.3 Å². The van der Waals surface area contributed by atoms with Gasteiger partial charge in [0.15, 0.2) is 0 Å². The van der Waals surface area contributed by atoms with E-state index in [2.05, 4.69) is 20.9 Å². The van der Waals surface area contributed by atoms with Crippen molar-refractivity contribution in [2.75, 3.05) is 42.9 Å². The van der Waals surface area contributed by atoms with Gasteiger partial charge in [0.2, 0.25) is 5.91 Å². The summed E-state index contributed by atoms with van der Waals surface area (Å²) in [6.45, 7) is 6.56. The molecule has 1 saturated heterocycles. The van der Waals surface area contributed by atoms with Crippen molar-refractivity contribution in [2.24, 2.45) is 0 Å². The number of carboxylic acids is 1. The minimum Gasteiger partial charge on any atom is -0.481 e. The molecule has 10 nitrogen and oxygen atoms in total. The maximum atomic E-state index is 13.4. The number of nitrogens with one attached hydrogen (secondary N) is 3. The Labute approximate surface area is 252 Å². The fourth-order valence-electron chi connectivity index (χ4n) is 5.14. The van der Waals surface area contributed by atoms with Crippen LogP contribution in [0.2, 0.25) is 0 Å². The molecule has 10 heteroatoms. The Balaban J connectivity index is 1.52. The third-order valence-corrected chi connectivity index (χ3v) is 7.40. The van der Waals surface area contributed by atoms with Gasteiger partial charge in [0.25, 0.3) is 5.91 Å². The van der Waals surface area contributed by atoms with Gasteiger partial charge in [-0.15, -0.1) is 0 Å². The number of anilines is 2. The van der Waals surface area contributed by atoms with Crippen molar-refractivity contribution in [3.63, 3.8) is 0 Å². The summed E-state index contributed by atoms with van der Waals surface area (Å²) in [5.74, 6) is -1.41. The minimum atomic E-state index is -1.03. The Hall–Kier alpha value is -4.86. The molecule has 1 aliphatic heterocycles. The SMILES string of the molecule is CCNC(=O)Nc1cc(C(=O)NC(CC(=O)O)c2ccc(C)cc2)ccc1N1CCCN(C(=O)Cc2ccccc2)CC1. The highest BCUT2D eigenvalue weighted by molar-refractivity contribution is 6.00. The summed E-state index contributed by atoms with van der Waals surface area (Å²) < 4.78 is 0. The number of benzene rings is 3. The molecule has 0 aliphatic carbocycles. The molecule has 0 radical (unpaired) electrons. The fourth-order valence-corrected chi connectivity index (χ4v) is 5.14. The molecule has 4 rings (SSSR count). The lowest BCUT2D eigenvalue weighted by Gasteiger charge is -2.27. The molecule has 4 N–H and O–H groups in total. The van der Waals surface area contributed by atoms with Crippen molar-refractivity contribution in [2.45, 2.75) is 39.2 Å². The van der Waals surface area contributed by atoms with Gasteiger partial charge in [-0.3, -0.25) is 14.4 Å². The number of hydrogen-bond donors (Lipinski definition) is 4. The summed E-state index contributed by atoms with van der Waals surface area (Å²) in [5, 5.41) is 17.9. The molecular weight excluding hydrogens is 546 g/mol. The van der Waals surface area contributed by atoms with E-state index in [1.54, 1.807) is 18.2 Å². The number of nitrogens with zero attached hydrogens (tertiary/aromatic N) is 2. The second-order valence-corrected chi connectivity index (χ2v) is 10.6. The van der Waals surface area contributed by atoms with Crippen LogP contribution in [-0.2, 0) is 16.0 Å². The lowest BCUT2D eigenvalue weighted by molar-refractivity contribution is -0.137. The highest BCUT2D eigenvalue weighted by Gasteiger charge is 2.24. The van der Waals surface area contributed by atoms with E-state index in [1.807, 2.05) is 73.3 Å². The summed E-state index contributed by atoms with van der Waals surface area (Å²) in [6.07, 6.45) is 0.820. The first-order chi connectivity index (χ1) is 20.7. The van der Waals surface area contributed by atoms with Gasteiger partial charge in [-0.1, -0.05) is 60.2 Å². The number of carbonyl (C=O) groups excluding carboxylic acids is 3. The van der Waals surface area contributed by atoms with Gasteiger partial charge >= 0.3 is 12.0 Å². The van der Waals surface area contributed by atoms with Crippen molar-refractivity contribution in [3.05, 3.63) is 95.1 Å². The summed E-state index contributed by atoms with van der Waals surface area (Å²) in [6, 6.07) is 21.0. The van der Waals surface area contributed by atoms with E-state index in [1.165, 1.54) is 0 Å². The molecule has 1 aliphatic rings. The van der Waals surface area contributed by atoms with Gasteiger partial charge in [0, 0.05) is 38.3 Å². The average Bonchev–Trinajstić information content (AvgIpc) is 3.24. The Bertz CT molecular complexity index is 1430. The van der Waals surface area contributed by atoms with E-state index in [0.29, 0.717) is 50.4 Å². The van der Waals surface area contributed by atoms with Crippen LogP contribution in [-0.4, -0.2) is 66.5 Å². The molecular formula is C33H39N5O5. The van der Waals surface area contributed by atoms with E-state index < -0.39 is 23.9 Å². The van der Waals surface area contributed by atoms with Crippen molar-refractivity contribution in [1.29, 1.82) is 0 Å². The van der Waals surface area contributed by atoms with Gasteiger partial charge in [-0.2, -0.15) is 0 Å². The van der Waals surface area contributed by atoms with Crippen LogP contribution in [0.3, 0.4) is 0 Å². The Kier molecular flexibility index (Phi) is 10.7. The zero-order valence-electron chi connectivity index (χ0n) is 24.6. The van der Waals surface area contributed by atoms with Crippen molar-refractivity contribution >= 4 is 35.2 Å². The van der Waals surface area contributed by atoms with Crippen LogP contribution in [0.25, 0.3) is 0 Å². The van der Waals surface area contributed by atoms with Crippen molar-refractivity contribution in [3.8, 4) is 0 Å². The standard InChI is InChI=1S/C33H39N5O5/c1-3-34-33(43)36-28-21-26(32(42)35-27(22-31(40)41)25-12-10-23(2)11-13-25)14-15-29(28)37-16-7-17-38(19-18-37)30(39)20-24-8-5-4-6-9-24/h4-6,8-15,21,27H,3,7,16-20,22H2,1-2H3,(H,35,42)(H,40,41)(H2,34,36,43). The molecule has 0 bridgehead atoms. The number of aryl methyl sites for hydroxylation is 1. The first-order valence-corrected chi connectivity index (χ1v) is 14.6. The second-order valence-electron chi connectivity index (χ2n) is 10.6. The summed E-state index contributed by atoms with van der Waals surface area (Å²) in [5.41, 5.74) is 4.16. The van der Waals surface area contributed by atoms with E-state index in [4.69, 9.17) is 0 Å². The Morgan fingerprint density at radius 2 is 1.65 bits per heavy atom. The first-order valence-electron chi connectivity index (χ1n) is 14.6. The molecule has 1 atom stereocenters. The van der Waals surface area contributed by atoms with E-state index in [0.717, 1.165) is 23.2 Å². The zero-order chi connectivity index (χ0) is 30.8. The Morgan fingerprint density at radius 1 is 0.907 bits per heavy atom. The van der Waals surface area contributed by atoms with Gasteiger partial charge in [-0.05, 0) is 49.6 Å². The summed E-state index contributed by atoms with van der Waals surface area (Å²) in [4.78, 5) is 54.5. The van der Waals surface area contributed by atoms with Gasteiger partial charge in [0.1, 0.15) is 0 Å². The van der Waals surface area contributed by atoms with Gasteiger partial charge in [-0.25, -0.2) is 4.79 Å². The third-order valence-electron chi connectivity index (χ3n) is 7.40. The molecule has 1 unspecified atom stereocenters. The molecule has 226 valence electrons. The topological polar surface area (TPSA) is 131 Å². The van der Waals surface area contributed by atoms with Crippen LogP contribution >= 0.6 is 0 Å².